The molecule has 0 fully saturated rings. The highest BCUT2D eigenvalue weighted by molar-refractivity contribution is 5.79. The summed E-state index contributed by atoms with van der Waals surface area (Å²) in [4.78, 5) is 20.9. The molecule has 0 spiro atoms. The van der Waals surface area contributed by atoms with E-state index in [4.69, 9.17) is 0 Å². The first kappa shape index (κ1) is 16.1. The third-order valence-electron chi connectivity index (χ3n) is 3.39. The molecule has 2 aromatic rings. The van der Waals surface area contributed by atoms with E-state index < -0.39 is 0 Å². The quantitative estimate of drug-likeness (QED) is 0.937. The zero-order chi connectivity index (χ0) is 16.4. The molecule has 0 aliphatic rings. The summed E-state index contributed by atoms with van der Waals surface area (Å²) in [6, 6.07) is 2.05. The Morgan fingerprint density at radius 3 is 2.32 bits per heavy atom. The summed E-state index contributed by atoms with van der Waals surface area (Å²) in [6.07, 6.45) is 0.320. The lowest BCUT2D eigenvalue weighted by Crippen LogP contribution is -2.31. The van der Waals surface area contributed by atoms with Crippen LogP contribution in [0.15, 0.2) is 6.07 Å². The largest absolute Gasteiger partial charge is 0.354 e. The summed E-state index contributed by atoms with van der Waals surface area (Å²) in [6.45, 7) is 11.6. The van der Waals surface area contributed by atoms with Crippen molar-refractivity contribution in [2.75, 3.05) is 0 Å². The van der Waals surface area contributed by atoms with Gasteiger partial charge in [-0.3, -0.25) is 4.79 Å². The number of aryl methyl sites for hydroxylation is 3. The number of amides is 1. The molecule has 0 aliphatic heterocycles. The summed E-state index contributed by atoms with van der Waals surface area (Å²) in [5, 5.41) is 7.41. The van der Waals surface area contributed by atoms with E-state index in [1.54, 1.807) is 4.68 Å². The number of aromatic nitrogens is 4. The van der Waals surface area contributed by atoms with Crippen molar-refractivity contribution in [3.05, 3.63) is 34.4 Å². The van der Waals surface area contributed by atoms with Gasteiger partial charge >= 0.3 is 0 Å². The van der Waals surface area contributed by atoms with Gasteiger partial charge in [0.1, 0.15) is 0 Å². The van der Waals surface area contributed by atoms with Crippen LogP contribution in [0.5, 0.6) is 0 Å². The van der Waals surface area contributed by atoms with Crippen molar-refractivity contribution in [3.8, 4) is 5.95 Å². The van der Waals surface area contributed by atoms with Crippen LogP contribution in [0.4, 0.5) is 0 Å². The second-order valence-electron chi connectivity index (χ2n) is 5.91. The highest BCUT2D eigenvalue weighted by Crippen LogP contribution is 2.17. The Balaban J connectivity index is 2.36. The van der Waals surface area contributed by atoms with E-state index in [1.165, 1.54) is 0 Å². The van der Waals surface area contributed by atoms with Gasteiger partial charge < -0.3 is 5.32 Å². The van der Waals surface area contributed by atoms with Crippen LogP contribution < -0.4 is 5.32 Å². The van der Waals surface area contributed by atoms with Crippen molar-refractivity contribution in [3.63, 3.8) is 0 Å². The Kier molecular flexibility index (Phi) is 4.59. The molecule has 0 unspecified atom stereocenters. The Morgan fingerprint density at radius 2 is 1.77 bits per heavy atom. The van der Waals surface area contributed by atoms with Crippen molar-refractivity contribution in [1.82, 2.24) is 25.1 Å². The van der Waals surface area contributed by atoms with Crippen LogP contribution in [0.2, 0.25) is 0 Å². The summed E-state index contributed by atoms with van der Waals surface area (Å²) in [5.41, 5.74) is 4.46. The minimum atomic E-state index is 0.00194. The van der Waals surface area contributed by atoms with E-state index in [0.29, 0.717) is 12.4 Å². The summed E-state index contributed by atoms with van der Waals surface area (Å²) < 4.78 is 1.72. The van der Waals surface area contributed by atoms with E-state index in [2.05, 4.69) is 20.4 Å². The third kappa shape index (κ3) is 3.50. The highest BCUT2D eigenvalue weighted by Gasteiger charge is 2.17. The van der Waals surface area contributed by atoms with Crippen LogP contribution in [0.25, 0.3) is 5.95 Å². The number of nitrogens with one attached hydrogen (secondary N) is 1. The maximum atomic E-state index is 12.0. The van der Waals surface area contributed by atoms with Crippen LogP contribution in [-0.4, -0.2) is 31.7 Å². The SMILES string of the molecule is Cc1cc(C)nc(-n2nc(C)c(CC(=O)NC(C)C)c2C)n1. The number of hydrogen-bond acceptors (Lipinski definition) is 4. The molecule has 2 aromatic heterocycles. The average Bonchev–Trinajstić information content (AvgIpc) is 2.64. The van der Waals surface area contributed by atoms with E-state index in [1.807, 2.05) is 47.6 Å². The van der Waals surface area contributed by atoms with Gasteiger partial charge in [0.25, 0.3) is 5.95 Å². The van der Waals surface area contributed by atoms with Crippen LogP contribution >= 0.6 is 0 Å². The number of carbonyl (C=O) groups is 1. The fourth-order valence-electron chi connectivity index (χ4n) is 2.46. The molecule has 0 aliphatic carbocycles. The minimum absolute atomic E-state index is 0.00194. The van der Waals surface area contributed by atoms with Crippen molar-refractivity contribution >= 4 is 5.91 Å². The minimum Gasteiger partial charge on any atom is -0.354 e. The van der Waals surface area contributed by atoms with Crippen molar-refractivity contribution < 1.29 is 4.79 Å². The van der Waals surface area contributed by atoms with Gasteiger partial charge in [-0.05, 0) is 47.6 Å². The predicted molar refractivity (Wildman–Crippen MR) is 85.1 cm³/mol. The topological polar surface area (TPSA) is 72.7 Å². The second-order valence-corrected chi connectivity index (χ2v) is 5.91. The lowest BCUT2D eigenvalue weighted by atomic mass is 10.1. The molecule has 6 heteroatoms. The normalized spacial score (nSPS) is 11.0. The van der Waals surface area contributed by atoms with Gasteiger partial charge in [0.15, 0.2) is 0 Å². The number of rotatable bonds is 4. The standard InChI is InChI=1S/C16H23N5O/c1-9(2)17-15(22)8-14-12(5)20-21(13(14)6)16-18-10(3)7-11(4)19-16/h7,9H,8H2,1-6H3,(H,17,22). The van der Waals surface area contributed by atoms with Crippen LogP contribution in [-0.2, 0) is 11.2 Å². The van der Waals surface area contributed by atoms with Crippen LogP contribution in [0, 0.1) is 27.7 Å². The number of hydrogen-bond donors (Lipinski definition) is 1. The molecule has 22 heavy (non-hydrogen) atoms. The fourth-order valence-corrected chi connectivity index (χ4v) is 2.46. The number of nitrogens with zero attached hydrogens (tertiary/aromatic N) is 4. The third-order valence-corrected chi connectivity index (χ3v) is 3.39. The van der Waals surface area contributed by atoms with Crippen molar-refractivity contribution in [2.24, 2.45) is 0 Å². The zero-order valence-corrected chi connectivity index (χ0v) is 14.1. The maximum Gasteiger partial charge on any atom is 0.251 e. The summed E-state index contributed by atoms with van der Waals surface area (Å²) in [5.74, 6) is 0.552. The molecule has 2 rings (SSSR count). The average molecular weight is 301 g/mol. The van der Waals surface area contributed by atoms with Crippen molar-refractivity contribution in [2.45, 2.75) is 54.0 Å². The smallest absolute Gasteiger partial charge is 0.251 e. The molecule has 0 atom stereocenters. The lowest BCUT2D eigenvalue weighted by Gasteiger charge is -2.09. The molecule has 0 aromatic carbocycles. The van der Waals surface area contributed by atoms with Crippen molar-refractivity contribution in [1.29, 1.82) is 0 Å². The Hall–Kier alpha value is -2.24. The molecule has 0 radical (unpaired) electrons. The molecule has 2 heterocycles. The van der Waals surface area contributed by atoms with Gasteiger partial charge in [0.05, 0.1) is 12.1 Å². The first-order valence-corrected chi connectivity index (χ1v) is 7.45. The van der Waals surface area contributed by atoms with Gasteiger partial charge in [-0.25, -0.2) is 14.6 Å². The molecule has 0 bridgehead atoms. The second kappa shape index (κ2) is 6.25. The molecule has 6 nitrogen and oxygen atoms in total. The molecule has 0 saturated carbocycles. The Labute approximate surface area is 131 Å². The number of carbonyl (C=O) groups excluding carboxylic acids is 1. The fraction of sp³-hybridized carbons (Fsp3) is 0.500. The Morgan fingerprint density at radius 1 is 1.18 bits per heavy atom. The molecular formula is C16H23N5O. The molecular weight excluding hydrogens is 278 g/mol. The first-order valence-electron chi connectivity index (χ1n) is 7.45. The van der Waals surface area contributed by atoms with Gasteiger partial charge in [-0.15, -0.1) is 0 Å². The van der Waals surface area contributed by atoms with E-state index >= 15 is 0 Å². The highest BCUT2D eigenvalue weighted by atomic mass is 16.1. The zero-order valence-electron chi connectivity index (χ0n) is 14.1. The van der Waals surface area contributed by atoms with E-state index in [-0.39, 0.29) is 11.9 Å². The predicted octanol–water partition coefficient (Wildman–Crippen LogP) is 1.96. The lowest BCUT2D eigenvalue weighted by molar-refractivity contribution is -0.120. The first-order chi connectivity index (χ1) is 10.3. The van der Waals surface area contributed by atoms with Gasteiger partial charge in [0.2, 0.25) is 5.91 Å². The Bertz CT molecular complexity index is 683. The molecule has 118 valence electrons. The molecule has 1 N–H and O–H groups in total. The van der Waals surface area contributed by atoms with Crippen LogP contribution in [0.3, 0.4) is 0 Å². The monoisotopic (exact) mass is 301 g/mol. The summed E-state index contributed by atoms with van der Waals surface area (Å²) in [7, 11) is 0. The maximum absolute atomic E-state index is 12.0. The summed E-state index contributed by atoms with van der Waals surface area (Å²) >= 11 is 0. The van der Waals surface area contributed by atoms with Gasteiger partial charge in [0, 0.05) is 28.7 Å². The van der Waals surface area contributed by atoms with Gasteiger partial charge in [-0.1, -0.05) is 0 Å². The molecule has 1 amide bonds. The van der Waals surface area contributed by atoms with E-state index in [9.17, 15) is 4.79 Å². The van der Waals surface area contributed by atoms with E-state index in [0.717, 1.165) is 28.3 Å². The van der Waals surface area contributed by atoms with Crippen LogP contribution in [0.1, 0.15) is 42.2 Å². The molecule has 0 saturated heterocycles. The van der Waals surface area contributed by atoms with Gasteiger partial charge in [-0.2, -0.15) is 5.10 Å².